The summed E-state index contributed by atoms with van der Waals surface area (Å²) in [5.74, 6) is 0.711. The Bertz CT molecular complexity index is 514. The lowest BCUT2D eigenvalue weighted by molar-refractivity contribution is 0.239. The first-order chi connectivity index (χ1) is 9.82. The molecule has 0 spiro atoms. The summed E-state index contributed by atoms with van der Waals surface area (Å²) in [6.07, 6.45) is 0.592. The van der Waals surface area contributed by atoms with Crippen LogP contribution >= 0.6 is 0 Å². The van der Waals surface area contributed by atoms with Crippen molar-refractivity contribution in [2.24, 2.45) is 5.92 Å². The number of nitrogen functional groups attached to an aromatic ring is 1. The van der Waals surface area contributed by atoms with Gasteiger partial charge in [0, 0.05) is 11.7 Å². The highest BCUT2D eigenvalue weighted by Crippen LogP contribution is 2.13. The van der Waals surface area contributed by atoms with Gasteiger partial charge in [0.25, 0.3) is 0 Å². The molecule has 7 heteroatoms. The molecule has 4 N–H and O–H groups in total. The molecule has 0 aromatic heterocycles. The lowest BCUT2D eigenvalue weighted by Gasteiger charge is -2.18. The predicted molar refractivity (Wildman–Crippen MR) is 83.6 cm³/mol. The van der Waals surface area contributed by atoms with Crippen molar-refractivity contribution in [2.75, 3.05) is 24.7 Å². The van der Waals surface area contributed by atoms with Crippen molar-refractivity contribution in [3.63, 3.8) is 0 Å². The van der Waals surface area contributed by atoms with Gasteiger partial charge in [-0.15, -0.1) is 0 Å². The van der Waals surface area contributed by atoms with Gasteiger partial charge in [0.15, 0.2) is 0 Å². The molecule has 0 aliphatic carbocycles. The second-order valence-electron chi connectivity index (χ2n) is 5.36. The van der Waals surface area contributed by atoms with Crippen molar-refractivity contribution in [1.29, 1.82) is 0 Å². The highest BCUT2D eigenvalue weighted by atomic mass is 32.2. The fourth-order valence-corrected chi connectivity index (χ4v) is 2.97. The van der Waals surface area contributed by atoms with Crippen molar-refractivity contribution in [3.05, 3.63) is 24.3 Å². The maximum atomic E-state index is 11.9. The molecule has 1 unspecified atom stereocenters. The van der Waals surface area contributed by atoms with E-state index in [0.29, 0.717) is 23.8 Å². The van der Waals surface area contributed by atoms with E-state index in [9.17, 15) is 13.5 Å². The lowest BCUT2D eigenvalue weighted by Crippen LogP contribution is -2.40. The van der Waals surface area contributed by atoms with Crippen molar-refractivity contribution in [3.8, 4) is 5.75 Å². The van der Waals surface area contributed by atoms with E-state index in [1.807, 2.05) is 13.8 Å². The van der Waals surface area contributed by atoms with Crippen molar-refractivity contribution >= 4 is 15.7 Å². The second-order valence-corrected chi connectivity index (χ2v) is 7.24. The normalized spacial score (nSPS) is 13.3. The number of aliphatic hydroxyl groups is 1. The van der Waals surface area contributed by atoms with Crippen LogP contribution in [-0.2, 0) is 10.0 Å². The third-order valence-electron chi connectivity index (χ3n) is 2.82. The van der Waals surface area contributed by atoms with Crippen LogP contribution in [0.15, 0.2) is 24.3 Å². The Morgan fingerprint density at radius 3 is 2.43 bits per heavy atom. The monoisotopic (exact) mass is 316 g/mol. The van der Waals surface area contributed by atoms with Crippen LogP contribution < -0.4 is 15.2 Å². The van der Waals surface area contributed by atoms with Crippen molar-refractivity contribution in [2.45, 2.75) is 26.3 Å². The molecule has 1 atom stereocenters. The minimum absolute atomic E-state index is 0.0408. The van der Waals surface area contributed by atoms with Crippen LogP contribution in [0.5, 0.6) is 5.75 Å². The highest BCUT2D eigenvalue weighted by Gasteiger charge is 2.18. The van der Waals surface area contributed by atoms with Gasteiger partial charge in [0.1, 0.15) is 12.4 Å². The number of sulfonamides is 1. The van der Waals surface area contributed by atoms with Crippen LogP contribution in [0.4, 0.5) is 5.69 Å². The van der Waals surface area contributed by atoms with Crippen LogP contribution in [-0.4, -0.2) is 38.5 Å². The molecule has 120 valence electrons. The number of ether oxygens (including phenoxy) is 1. The zero-order chi connectivity index (χ0) is 15.9. The summed E-state index contributed by atoms with van der Waals surface area (Å²) in [5.41, 5.74) is 6.17. The number of anilines is 1. The fourth-order valence-electron chi connectivity index (χ4n) is 1.88. The van der Waals surface area contributed by atoms with Gasteiger partial charge in [-0.3, -0.25) is 0 Å². The topological polar surface area (TPSA) is 102 Å². The molecule has 1 aromatic rings. The summed E-state index contributed by atoms with van der Waals surface area (Å²) < 4.78 is 31.7. The van der Waals surface area contributed by atoms with E-state index >= 15 is 0 Å². The maximum absolute atomic E-state index is 11.9. The molecule has 0 aliphatic rings. The average molecular weight is 316 g/mol. The number of nitrogens with two attached hydrogens (primary N) is 1. The van der Waals surface area contributed by atoms with Crippen LogP contribution in [0.2, 0.25) is 0 Å². The van der Waals surface area contributed by atoms with Gasteiger partial charge in [0.2, 0.25) is 10.0 Å². The number of rotatable bonds is 9. The number of hydrogen-bond donors (Lipinski definition) is 3. The van der Waals surface area contributed by atoms with Gasteiger partial charge in [-0.05, 0) is 36.6 Å². The first-order valence-corrected chi connectivity index (χ1v) is 8.57. The summed E-state index contributed by atoms with van der Waals surface area (Å²) >= 11 is 0. The first kappa shape index (κ1) is 17.7. The SMILES string of the molecule is CC(C)CC(CO)NS(=O)(=O)CCOc1ccc(N)cc1. The van der Waals surface area contributed by atoms with E-state index in [-0.39, 0.29) is 19.0 Å². The third-order valence-corrected chi connectivity index (χ3v) is 4.22. The lowest BCUT2D eigenvalue weighted by atomic mass is 10.1. The molecular weight excluding hydrogens is 292 g/mol. The van der Waals surface area contributed by atoms with E-state index in [1.54, 1.807) is 24.3 Å². The van der Waals surface area contributed by atoms with Crippen molar-refractivity contribution < 1.29 is 18.3 Å². The van der Waals surface area contributed by atoms with Gasteiger partial charge in [-0.1, -0.05) is 13.8 Å². The van der Waals surface area contributed by atoms with Crippen molar-refractivity contribution in [1.82, 2.24) is 4.72 Å². The van der Waals surface area contributed by atoms with Crippen LogP contribution in [0.25, 0.3) is 0 Å². The van der Waals surface area contributed by atoms with E-state index in [1.165, 1.54) is 0 Å². The maximum Gasteiger partial charge on any atom is 0.215 e. The molecule has 1 rings (SSSR count). The second kappa shape index (κ2) is 8.21. The van der Waals surface area contributed by atoms with E-state index in [4.69, 9.17) is 10.5 Å². The molecule has 0 aliphatic heterocycles. The highest BCUT2D eigenvalue weighted by molar-refractivity contribution is 7.89. The summed E-state index contributed by atoms with van der Waals surface area (Å²) in [6.45, 7) is 3.78. The number of benzene rings is 1. The molecule has 0 saturated heterocycles. The summed E-state index contributed by atoms with van der Waals surface area (Å²) in [6, 6.07) is 6.29. The zero-order valence-electron chi connectivity index (χ0n) is 12.5. The van der Waals surface area contributed by atoms with Gasteiger partial charge < -0.3 is 15.6 Å². The molecule has 21 heavy (non-hydrogen) atoms. The largest absolute Gasteiger partial charge is 0.492 e. The van der Waals surface area contributed by atoms with Crippen LogP contribution in [0, 0.1) is 5.92 Å². The van der Waals surface area contributed by atoms with E-state index in [0.717, 1.165) is 0 Å². The minimum atomic E-state index is -3.48. The summed E-state index contributed by atoms with van der Waals surface area (Å²) in [5, 5.41) is 9.20. The zero-order valence-corrected chi connectivity index (χ0v) is 13.3. The minimum Gasteiger partial charge on any atom is -0.492 e. The third kappa shape index (κ3) is 7.31. The van der Waals surface area contributed by atoms with E-state index in [2.05, 4.69) is 4.72 Å². The standard InChI is InChI=1S/C14H24N2O4S/c1-11(2)9-13(10-17)16-21(18,19)8-7-20-14-5-3-12(15)4-6-14/h3-6,11,13,16-17H,7-10,15H2,1-2H3. The van der Waals surface area contributed by atoms with E-state index < -0.39 is 16.1 Å². The molecule has 0 heterocycles. The molecule has 6 nitrogen and oxygen atoms in total. The molecule has 1 aromatic carbocycles. The summed E-state index contributed by atoms with van der Waals surface area (Å²) in [7, 11) is -3.48. The number of nitrogens with one attached hydrogen (secondary N) is 1. The first-order valence-electron chi connectivity index (χ1n) is 6.91. The molecular formula is C14H24N2O4S. The Morgan fingerprint density at radius 1 is 1.29 bits per heavy atom. The molecule has 0 radical (unpaired) electrons. The van der Waals surface area contributed by atoms with Gasteiger partial charge >= 0.3 is 0 Å². The molecule has 0 fully saturated rings. The Balaban J connectivity index is 2.43. The predicted octanol–water partition coefficient (Wildman–Crippen LogP) is 0.974. The van der Waals surface area contributed by atoms with Gasteiger partial charge in [0.05, 0.1) is 12.4 Å². The average Bonchev–Trinajstić information content (AvgIpc) is 2.39. The van der Waals surface area contributed by atoms with Crippen LogP contribution in [0.3, 0.4) is 0 Å². The molecule has 0 saturated carbocycles. The van der Waals surface area contributed by atoms with Crippen LogP contribution in [0.1, 0.15) is 20.3 Å². The Labute approximate surface area is 126 Å². The quantitative estimate of drug-likeness (QED) is 0.589. The smallest absolute Gasteiger partial charge is 0.215 e. The molecule has 0 bridgehead atoms. The summed E-state index contributed by atoms with van der Waals surface area (Å²) in [4.78, 5) is 0. The number of hydrogen-bond acceptors (Lipinski definition) is 5. The molecule has 0 amide bonds. The van der Waals surface area contributed by atoms with Gasteiger partial charge in [-0.25, -0.2) is 13.1 Å². The number of aliphatic hydroxyl groups excluding tert-OH is 1. The Morgan fingerprint density at radius 2 is 1.90 bits per heavy atom. The Hall–Kier alpha value is -1.31. The van der Waals surface area contributed by atoms with Gasteiger partial charge in [-0.2, -0.15) is 0 Å². The Kier molecular flexibility index (Phi) is 6.94. The fraction of sp³-hybridized carbons (Fsp3) is 0.571.